The van der Waals surface area contributed by atoms with Crippen molar-refractivity contribution in [3.8, 4) is 46.0 Å². The number of aliphatic imine (C=N–C) groups is 4. The van der Waals surface area contributed by atoms with E-state index in [1.54, 1.807) is 73.4 Å². The summed E-state index contributed by atoms with van der Waals surface area (Å²) in [6.45, 7) is 2.20. The van der Waals surface area contributed by atoms with Gasteiger partial charge < -0.3 is 39.4 Å². The average Bonchev–Trinajstić information content (AvgIpc) is 3.34. The molecule has 0 saturated heterocycles. The van der Waals surface area contributed by atoms with Crippen LogP contribution in [0.5, 0.6) is 46.0 Å². The summed E-state index contributed by atoms with van der Waals surface area (Å²) >= 11 is 0. The van der Waals surface area contributed by atoms with E-state index in [-0.39, 0.29) is 23.0 Å². The summed E-state index contributed by atoms with van der Waals surface area (Å²) in [4.78, 5) is 18.4. The lowest BCUT2D eigenvalue weighted by atomic mass is 10.1. The summed E-state index contributed by atoms with van der Waals surface area (Å²) in [5.41, 5.74) is 4.62. The van der Waals surface area contributed by atoms with Crippen LogP contribution in [-0.2, 0) is 0 Å². The van der Waals surface area contributed by atoms with E-state index >= 15 is 0 Å². The maximum absolute atomic E-state index is 10.8. The van der Waals surface area contributed by atoms with Gasteiger partial charge >= 0.3 is 0 Å². The second-order valence-corrected chi connectivity index (χ2v) is 16.5. The molecule has 0 spiro atoms. The molecule has 0 aliphatic carbocycles. The standard InChI is InChI=1S/C56H60N4O8/c61-53-33-45-25-21-41(53)37-57-49-17-9-10-18-50(49)59-39-43-23-27-47(35-55(43)63)67-31-15-7-3-4-8-16-32-68-48-28-24-44(56(64)36-48)40-60-52-20-12-11-19-51(52)58-38-42-22-26-46(34-54(42)62)66-30-14-6-2-1-5-13-29-65-45/h9-12,17-28,33-40,61-64H,1-8,13-16,29-32H2. The molecule has 12 heteroatoms. The molecule has 10 heterocycles. The van der Waals surface area contributed by atoms with Gasteiger partial charge in [0, 0.05) is 71.4 Å². The molecule has 4 N–H and O–H groups in total. The molecule has 0 fully saturated rings. The molecule has 12 nitrogen and oxygen atoms in total. The Bertz CT molecular complexity index is 2320. The maximum Gasteiger partial charge on any atom is 0.128 e. The summed E-state index contributed by atoms with van der Waals surface area (Å²) in [7, 11) is 0. The van der Waals surface area contributed by atoms with Crippen molar-refractivity contribution in [2.45, 2.75) is 77.0 Å². The highest BCUT2D eigenvalue weighted by Gasteiger charge is 2.08. The fourth-order valence-corrected chi connectivity index (χ4v) is 7.39. The third-order valence-corrected chi connectivity index (χ3v) is 11.3. The summed E-state index contributed by atoms with van der Waals surface area (Å²) < 4.78 is 23.7. The smallest absolute Gasteiger partial charge is 0.128 e. The van der Waals surface area contributed by atoms with Gasteiger partial charge in [-0.1, -0.05) is 75.6 Å². The van der Waals surface area contributed by atoms with Crippen molar-refractivity contribution in [3.05, 3.63) is 144 Å². The summed E-state index contributed by atoms with van der Waals surface area (Å²) in [6, 6.07) is 35.7. The van der Waals surface area contributed by atoms with Crippen molar-refractivity contribution in [1.29, 1.82) is 0 Å². The fourth-order valence-electron chi connectivity index (χ4n) is 7.39. The van der Waals surface area contributed by atoms with Crippen LogP contribution in [-0.4, -0.2) is 71.7 Å². The van der Waals surface area contributed by atoms with Crippen LogP contribution in [0.2, 0.25) is 0 Å². The predicted molar refractivity (Wildman–Crippen MR) is 272 cm³/mol. The van der Waals surface area contributed by atoms with Crippen molar-refractivity contribution in [1.82, 2.24) is 0 Å². The second-order valence-electron chi connectivity index (χ2n) is 16.5. The van der Waals surface area contributed by atoms with Crippen LogP contribution in [0.25, 0.3) is 0 Å². The number of phenolic OH excluding ortho intramolecular Hbond substituents is 4. The van der Waals surface area contributed by atoms with Crippen LogP contribution < -0.4 is 18.9 Å². The van der Waals surface area contributed by atoms with E-state index in [0.717, 1.165) is 77.0 Å². The largest absolute Gasteiger partial charge is 0.507 e. The zero-order chi connectivity index (χ0) is 47.2. The lowest BCUT2D eigenvalue weighted by Gasteiger charge is -2.09. The van der Waals surface area contributed by atoms with Gasteiger partial charge in [-0.25, -0.2) is 0 Å². The molecule has 6 aromatic rings. The third kappa shape index (κ3) is 15.2. The van der Waals surface area contributed by atoms with E-state index in [2.05, 4.69) is 20.0 Å². The fraction of sp³-hybridized carbons (Fsp3) is 0.286. The second kappa shape index (κ2) is 25.9. The van der Waals surface area contributed by atoms with Gasteiger partial charge in [-0.2, -0.15) is 0 Å². The van der Waals surface area contributed by atoms with E-state index in [9.17, 15) is 20.4 Å². The minimum Gasteiger partial charge on any atom is -0.507 e. The van der Waals surface area contributed by atoms with Crippen LogP contribution in [0.4, 0.5) is 22.7 Å². The number of nitrogens with zero attached hydrogens (tertiary/aromatic N) is 4. The molecule has 0 aromatic heterocycles. The predicted octanol–water partition coefficient (Wildman–Crippen LogP) is 13.4. The molecule has 10 aliphatic rings. The Balaban J connectivity index is 0.946. The minimum absolute atomic E-state index is 0.0665. The van der Waals surface area contributed by atoms with E-state index < -0.39 is 0 Å². The minimum atomic E-state index is 0.0665. The Kier molecular flexibility index (Phi) is 18.4. The summed E-state index contributed by atoms with van der Waals surface area (Å²) in [6.07, 6.45) is 18.4. The van der Waals surface area contributed by atoms with Crippen LogP contribution in [0, 0.1) is 0 Å². The number of phenols is 4. The number of ether oxygens (including phenoxy) is 4. The quantitative estimate of drug-likeness (QED) is 0.117. The summed E-state index contributed by atoms with van der Waals surface area (Å²) in [5, 5.41) is 43.0. The average molecular weight is 917 g/mol. The van der Waals surface area contributed by atoms with Crippen LogP contribution in [0.3, 0.4) is 0 Å². The molecule has 8 bridgehead atoms. The van der Waals surface area contributed by atoms with Crippen molar-refractivity contribution < 1.29 is 39.4 Å². The Morgan fingerprint density at radius 1 is 0.279 bits per heavy atom. The lowest BCUT2D eigenvalue weighted by molar-refractivity contribution is 0.295. The van der Waals surface area contributed by atoms with E-state index in [4.69, 9.17) is 18.9 Å². The number of rotatable bonds is 0. The van der Waals surface area contributed by atoms with E-state index in [1.807, 2.05) is 72.8 Å². The topological polar surface area (TPSA) is 167 Å². The van der Waals surface area contributed by atoms with Gasteiger partial charge in [0.2, 0.25) is 0 Å². The van der Waals surface area contributed by atoms with Crippen molar-refractivity contribution >= 4 is 47.6 Å². The first-order valence-electron chi connectivity index (χ1n) is 23.6. The van der Waals surface area contributed by atoms with Crippen molar-refractivity contribution in [3.63, 3.8) is 0 Å². The van der Waals surface area contributed by atoms with Gasteiger partial charge in [0.1, 0.15) is 46.0 Å². The monoisotopic (exact) mass is 916 g/mol. The van der Waals surface area contributed by atoms with E-state index in [0.29, 0.717) is 94.4 Å². The molecule has 16 rings (SSSR count). The molecule has 6 aromatic carbocycles. The zero-order valence-electron chi connectivity index (χ0n) is 38.4. The highest BCUT2D eigenvalue weighted by atomic mass is 16.5. The number of para-hydroxylation sites is 4. The normalized spacial score (nSPS) is 15.2. The molecule has 0 saturated carbocycles. The lowest BCUT2D eigenvalue weighted by Crippen LogP contribution is -1.99. The Morgan fingerprint density at radius 2 is 0.500 bits per heavy atom. The van der Waals surface area contributed by atoms with Crippen LogP contribution in [0.15, 0.2) is 141 Å². The Hall–Kier alpha value is -7.60. The SMILES string of the molecule is Oc1cc2ccc1C=Nc1ccccc1N=Cc1ccc(cc1O)OCCCCCCCCOc1ccc(c(O)c1)C=Nc1ccccc1N=Cc1ccc(cc1O)OCCCCCCCCO2. The maximum atomic E-state index is 10.8. The number of hydrogen-bond donors (Lipinski definition) is 4. The van der Waals surface area contributed by atoms with Gasteiger partial charge in [-0.3, -0.25) is 20.0 Å². The molecule has 0 radical (unpaired) electrons. The molecule has 0 amide bonds. The number of benzene rings is 6. The molecule has 352 valence electrons. The van der Waals surface area contributed by atoms with Gasteiger partial charge in [0.05, 0.1) is 49.2 Å². The van der Waals surface area contributed by atoms with Crippen LogP contribution in [0.1, 0.15) is 99.3 Å². The van der Waals surface area contributed by atoms with Crippen molar-refractivity contribution in [2.75, 3.05) is 26.4 Å². The van der Waals surface area contributed by atoms with Gasteiger partial charge in [-0.05, 0) is 98.5 Å². The molecule has 68 heavy (non-hydrogen) atoms. The van der Waals surface area contributed by atoms with Gasteiger partial charge in [-0.15, -0.1) is 0 Å². The number of hydrogen-bond acceptors (Lipinski definition) is 12. The zero-order valence-corrected chi connectivity index (χ0v) is 38.4. The van der Waals surface area contributed by atoms with Crippen LogP contribution >= 0.6 is 0 Å². The first-order chi connectivity index (χ1) is 33.4. The Labute approximate surface area is 398 Å². The van der Waals surface area contributed by atoms with Gasteiger partial charge in [0.25, 0.3) is 0 Å². The molecular formula is C56H60N4O8. The highest BCUT2D eigenvalue weighted by molar-refractivity contribution is 5.91. The van der Waals surface area contributed by atoms with Gasteiger partial charge in [0.15, 0.2) is 0 Å². The third-order valence-electron chi connectivity index (χ3n) is 11.3. The number of aromatic hydroxyl groups is 4. The first-order valence-corrected chi connectivity index (χ1v) is 23.6. The van der Waals surface area contributed by atoms with Crippen molar-refractivity contribution in [2.24, 2.45) is 20.0 Å². The Morgan fingerprint density at radius 3 is 0.721 bits per heavy atom. The van der Waals surface area contributed by atoms with E-state index in [1.165, 1.54) is 0 Å². The molecule has 0 atom stereocenters. The first kappa shape index (κ1) is 48.3. The summed E-state index contributed by atoms with van der Waals surface area (Å²) in [5.74, 6) is 2.64. The molecular weight excluding hydrogens is 857 g/mol. The molecule has 0 unspecified atom stereocenters. The molecule has 10 aliphatic heterocycles. The highest BCUT2D eigenvalue weighted by Crippen LogP contribution is 2.32.